The Balaban J connectivity index is 1.69. The number of nitrogens with zero attached hydrogens (tertiary/aromatic N) is 2. The molecule has 26 heavy (non-hydrogen) atoms. The highest BCUT2D eigenvalue weighted by Gasteiger charge is 2.17. The molecule has 4 rings (SSSR count). The second-order valence-electron chi connectivity index (χ2n) is 6.48. The molecule has 130 valence electrons. The molecular weight excluding hydrogens is 336 g/mol. The summed E-state index contributed by atoms with van der Waals surface area (Å²) in [6.07, 6.45) is 12.1. The number of fused-ring (bicyclic) bond motifs is 2. The Morgan fingerprint density at radius 1 is 1.08 bits per heavy atom. The highest BCUT2D eigenvalue weighted by Crippen LogP contribution is 2.31. The molecule has 0 aliphatic carbocycles. The quantitative estimate of drug-likeness (QED) is 0.545. The first-order valence-corrected chi connectivity index (χ1v) is 9.90. The van der Waals surface area contributed by atoms with E-state index in [0.717, 1.165) is 13.0 Å². The second kappa shape index (κ2) is 7.30. The number of aromatic nitrogens is 1. The third-order valence-electron chi connectivity index (χ3n) is 4.67. The van der Waals surface area contributed by atoms with Crippen molar-refractivity contribution in [3.05, 3.63) is 83.5 Å². The molecule has 0 saturated heterocycles. The van der Waals surface area contributed by atoms with E-state index in [9.17, 15) is 0 Å². The van der Waals surface area contributed by atoms with E-state index in [1.165, 1.54) is 32.0 Å². The minimum absolute atomic E-state index is 1.05. The lowest BCUT2D eigenvalue weighted by Gasteiger charge is -2.23. The van der Waals surface area contributed by atoms with Gasteiger partial charge in [0.25, 0.3) is 5.01 Å². The van der Waals surface area contributed by atoms with E-state index >= 15 is 0 Å². The predicted octanol–water partition coefficient (Wildman–Crippen LogP) is 5.66. The Labute approximate surface area is 159 Å². The van der Waals surface area contributed by atoms with Gasteiger partial charge in [-0.25, -0.2) is 0 Å². The summed E-state index contributed by atoms with van der Waals surface area (Å²) in [5.41, 5.74) is 5.10. The van der Waals surface area contributed by atoms with Crippen LogP contribution in [-0.4, -0.2) is 7.05 Å². The van der Waals surface area contributed by atoms with Crippen LogP contribution in [0.1, 0.15) is 23.9 Å². The molecule has 2 nitrogen and oxygen atoms in total. The van der Waals surface area contributed by atoms with Crippen molar-refractivity contribution >= 4 is 38.9 Å². The molecule has 0 fully saturated rings. The largest absolute Gasteiger partial charge is 0.351 e. The summed E-state index contributed by atoms with van der Waals surface area (Å²) < 4.78 is 3.77. The van der Waals surface area contributed by atoms with Gasteiger partial charge in [-0.1, -0.05) is 60.7 Å². The smallest absolute Gasteiger partial charge is 0.262 e. The maximum absolute atomic E-state index is 2.42. The molecule has 2 aromatic carbocycles. The Kier molecular flexibility index (Phi) is 4.72. The van der Waals surface area contributed by atoms with Crippen molar-refractivity contribution in [2.45, 2.75) is 19.9 Å². The number of anilines is 1. The molecule has 2 heterocycles. The van der Waals surface area contributed by atoms with E-state index in [4.69, 9.17) is 0 Å². The van der Waals surface area contributed by atoms with Crippen molar-refractivity contribution in [1.82, 2.24) is 0 Å². The highest BCUT2D eigenvalue weighted by atomic mass is 32.1. The van der Waals surface area contributed by atoms with Crippen LogP contribution < -0.4 is 9.47 Å². The first kappa shape index (κ1) is 16.8. The Morgan fingerprint density at radius 2 is 1.88 bits per heavy atom. The third-order valence-corrected chi connectivity index (χ3v) is 5.80. The molecule has 0 spiro atoms. The number of benzene rings is 2. The molecule has 1 aliphatic rings. The normalized spacial score (nSPS) is 15.3. The van der Waals surface area contributed by atoms with Crippen molar-refractivity contribution in [1.29, 1.82) is 0 Å². The Hall–Kier alpha value is -2.65. The number of para-hydroxylation sites is 2. The molecule has 0 radical (unpaired) electrons. The van der Waals surface area contributed by atoms with Crippen LogP contribution in [0.4, 0.5) is 5.69 Å². The molecule has 0 amide bonds. The van der Waals surface area contributed by atoms with E-state index in [-0.39, 0.29) is 0 Å². The fourth-order valence-corrected chi connectivity index (χ4v) is 4.50. The van der Waals surface area contributed by atoms with Crippen LogP contribution in [0.3, 0.4) is 0 Å². The second-order valence-corrected chi connectivity index (χ2v) is 7.55. The molecule has 0 N–H and O–H groups in total. The monoisotopic (exact) mass is 359 g/mol. The summed E-state index contributed by atoms with van der Waals surface area (Å²) in [6, 6.07) is 17.2. The summed E-state index contributed by atoms with van der Waals surface area (Å²) in [5.74, 6) is 0. The zero-order valence-corrected chi connectivity index (χ0v) is 16.0. The first-order chi connectivity index (χ1) is 12.8. The average molecular weight is 360 g/mol. The van der Waals surface area contributed by atoms with Crippen LogP contribution in [0.5, 0.6) is 0 Å². The van der Waals surface area contributed by atoms with Crippen LogP contribution in [0.2, 0.25) is 0 Å². The third kappa shape index (κ3) is 3.11. The van der Waals surface area contributed by atoms with Crippen LogP contribution in [0.25, 0.3) is 21.9 Å². The minimum atomic E-state index is 1.05. The van der Waals surface area contributed by atoms with Crippen LogP contribution in [0, 0.1) is 0 Å². The van der Waals surface area contributed by atoms with Gasteiger partial charge < -0.3 is 4.90 Å². The number of rotatable bonds is 4. The zero-order chi connectivity index (χ0) is 17.9. The van der Waals surface area contributed by atoms with E-state index in [2.05, 4.69) is 102 Å². The molecular formula is C23H23N2S+. The van der Waals surface area contributed by atoms with Crippen LogP contribution in [0.15, 0.2) is 73.0 Å². The molecule has 3 heteroatoms. The van der Waals surface area contributed by atoms with Gasteiger partial charge in [0, 0.05) is 43.1 Å². The van der Waals surface area contributed by atoms with Crippen LogP contribution >= 0.6 is 11.3 Å². The van der Waals surface area contributed by atoms with E-state index in [1.807, 2.05) is 11.3 Å². The fourth-order valence-electron chi connectivity index (χ4n) is 3.40. The van der Waals surface area contributed by atoms with Gasteiger partial charge in [-0.2, -0.15) is 4.57 Å². The summed E-state index contributed by atoms with van der Waals surface area (Å²) >= 11 is 1.86. The maximum atomic E-state index is 2.42. The van der Waals surface area contributed by atoms with Gasteiger partial charge in [-0.05, 0) is 23.8 Å². The van der Waals surface area contributed by atoms with Crippen molar-refractivity contribution in [2.24, 2.45) is 0 Å². The highest BCUT2D eigenvalue weighted by molar-refractivity contribution is 7.18. The van der Waals surface area contributed by atoms with Gasteiger partial charge in [0.1, 0.15) is 11.2 Å². The average Bonchev–Trinajstić information content (AvgIpc) is 3.02. The van der Waals surface area contributed by atoms with E-state index in [1.54, 1.807) is 0 Å². The van der Waals surface area contributed by atoms with Crippen molar-refractivity contribution in [3.8, 4) is 0 Å². The Bertz CT molecular complexity index is 1020. The SMILES string of the molecule is CCC[n+]1c(/C=C/C=C2\C=CN(C)c3ccccc32)sc2ccccc21. The summed E-state index contributed by atoms with van der Waals surface area (Å²) in [6.45, 7) is 3.28. The summed E-state index contributed by atoms with van der Waals surface area (Å²) in [4.78, 5) is 2.16. The van der Waals surface area contributed by atoms with Gasteiger partial charge in [0.15, 0.2) is 0 Å². The molecule has 0 unspecified atom stereocenters. The Morgan fingerprint density at radius 3 is 2.77 bits per heavy atom. The van der Waals surface area contributed by atoms with Gasteiger partial charge in [0.05, 0.1) is 0 Å². The van der Waals surface area contributed by atoms with E-state index < -0.39 is 0 Å². The molecule has 0 bridgehead atoms. The minimum Gasteiger partial charge on any atom is -0.351 e. The molecule has 3 aromatic rings. The van der Waals surface area contributed by atoms with E-state index in [0.29, 0.717) is 0 Å². The van der Waals surface area contributed by atoms with Crippen molar-refractivity contribution < 1.29 is 4.57 Å². The molecule has 0 atom stereocenters. The number of hydrogen-bond acceptors (Lipinski definition) is 2. The molecule has 0 saturated carbocycles. The van der Waals surface area contributed by atoms with Crippen LogP contribution in [-0.2, 0) is 6.54 Å². The van der Waals surface area contributed by atoms with Crippen molar-refractivity contribution in [2.75, 3.05) is 11.9 Å². The van der Waals surface area contributed by atoms with Gasteiger partial charge >= 0.3 is 0 Å². The lowest BCUT2D eigenvalue weighted by atomic mass is 10.00. The predicted molar refractivity (Wildman–Crippen MR) is 113 cm³/mol. The van der Waals surface area contributed by atoms with Gasteiger partial charge in [-0.3, -0.25) is 0 Å². The summed E-state index contributed by atoms with van der Waals surface area (Å²) in [7, 11) is 2.09. The number of allylic oxidation sites excluding steroid dienone is 4. The first-order valence-electron chi connectivity index (χ1n) is 9.08. The number of hydrogen-bond donors (Lipinski definition) is 0. The summed E-state index contributed by atoms with van der Waals surface area (Å²) in [5, 5.41) is 1.30. The zero-order valence-electron chi connectivity index (χ0n) is 15.2. The van der Waals surface area contributed by atoms with Gasteiger partial charge in [0.2, 0.25) is 5.52 Å². The fraction of sp³-hybridized carbons (Fsp3) is 0.174. The van der Waals surface area contributed by atoms with Gasteiger partial charge in [-0.15, -0.1) is 0 Å². The number of thiazole rings is 1. The van der Waals surface area contributed by atoms with Crippen molar-refractivity contribution in [3.63, 3.8) is 0 Å². The lowest BCUT2D eigenvalue weighted by Crippen LogP contribution is -2.34. The topological polar surface area (TPSA) is 7.12 Å². The lowest BCUT2D eigenvalue weighted by molar-refractivity contribution is -0.668. The molecule has 1 aliphatic heterocycles. The maximum Gasteiger partial charge on any atom is 0.262 e. The molecule has 1 aromatic heterocycles. The standard InChI is InChI=1S/C23H23N2S/c1-3-16-25-21-12-6-7-13-22(21)26-23(25)14-8-9-18-15-17-24(2)20-11-5-4-10-19(18)20/h4-15,17H,3,16H2,1-2H3/q+1. The number of aryl methyl sites for hydroxylation is 1.